The van der Waals surface area contributed by atoms with Crippen molar-refractivity contribution in [2.75, 3.05) is 12.1 Å². The van der Waals surface area contributed by atoms with Crippen LogP contribution >= 0.6 is 16.4 Å². The third kappa shape index (κ3) is 5.33. The van der Waals surface area contributed by atoms with E-state index in [4.69, 9.17) is 19.7 Å². The molecule has 6 N–H and O–H groups in total. The Morgan fingerprint density at radius 2 is 2.19 bits per heavy atom. The van der Waals surface area contributed by atoms with Crippen molar-refractivity contribution in [2.24, 2.45) is 0 Å². The number of aliphatic hydroxyl groups is 1. The van der Waals surface area contributed by atoms with Crippen LogP contribution in [0.3, 0.4) is 0 Å². The maximum absolute atomic E-state index is 14.3. The summed E-state index contributed by atoms with van der Waals surface area (Å²) in [6.45, 7) is -0.737. The second-order valence-electron chi connectivity index (χ2n) is 5.07. The van der Waals surface area contributed by atoms with Crippen LogP contribution in [0.25, 0.3) is 0 Å². The molecule has 0 aliphatic carbocycles. The highest BCUT2D eigenvalue weighted by Crippen LogP contribution is 2.52. The standard InChI is InChI=1S/C10H14FN3O11P2/c11-6-7(16)5(3-23-26(19)25-27(20,21)22)24-9(6)14-1-4(2-15)8(13-18)12-10(14)17/h1-2,5-7,9,16,18-19H,3H2,(H,12,13,17)(H2,20,21,22)/t5?,6?,7-,9?,26?/m1/s1. The molecule has 0 amide bonds. The molecule has 1 aliphatic rings. The van der Waals surface area contributed by atoms with Crippen molar-refractivity contribution in [3.8, 4) is 0 Å². The third-order valence-electron chi connectivity index (χ3n) is 3.31. The first-order chi connectivity index (χ1) is 12.6. The van der Waals surface area contributed by atoms with Crippen molar-refractivity contribution in [1.82, 2.24) is 9.55 Å². The largest absolute Gasteiger partial charge is 0.476 e. The van der Waals surface area contributed by atoms with Crippen molar-refractivity contribution in [2.45, 2.75) is 24.6 Å². The van der Waals surface area contributed by atoms with Gasteiger partial charge in [0.05, 0.1) is 12.2 Å². The highest BCUT2D eigenvalue weighted by Gasteiger charge is 2.46. The Balaban J connectivity index is 2.14. The Labute approximate surface area is 150 Å². The van der Waals surface area contributed by atoms with Crippen molar-refractivity contribution in [1.29, 1.82) is 0 Å². The minimum absolute atomic E-state index is 0.221. The van der Waals surface area contributed by atoms with Gasteiger partial charge >= 0.3 is 22.1 Å². The van der Waals surface area contributed by atoms with Gasteiger partial charge in [0, 0.05) is 6.20 Å². The van der Waals surface area contributed by atoms with Crippen LogP contribution < -0.4 is 11.2 Å². The molecule has 0 spiro atoms. The van der Waals surface area contributed by atoms with Gasteiger partial charge in [-0.05, 0) is 0 Å². The van der Waals surface area contributed by atoms with E-state index >= 15 is 0 Å². The maximum atomic E-state index is 14.3. The van der Waals surface area contributed by atoms with Gasteiger partial charge in [0.15, 0.2) is 24.5 Å². The van der Waals surface area contributed by atoms with Gasteiger partial charge in [-0.1, -0.05) is 0 Å². The molecule has 5 atom stereocenters. The molecule has 0 saturated carbocycles. The monoisotopic (exact) mass is 433 g/mol. The fraction of sp³-hybridized carbons (Fsp3) is 0.500. The Morgan fingerprint density at radius 3 is 2.74 bits per heavy atom. The van der Waals surface area contributed by atoms with Crippen LogP contribution in [0, 0.1) is 0 Å². The Hall–Kier alpha value is -1.38. The molecule has 1 saturated heterocycles. The molecule has 2 heterocycles. The lowest BCUT2D eigenvalue weighted by atomic mass is 10.1. The Morgan fingerprint density at radius 1 is 1.52 bits per heavy atom. The van der Waals surface area contributed by atoms with Crippen LogP contribution in [0.5, 0.6) is 0 Å². The van der Waals surface area contributed by atoms with E-state index in [0.717, 1.165) is 6.20 Å². The van der Waals surface area contributed by atoms with Crippen molar-refractivity contribution in [3.63, 3.8) is 0 Å². The van der Waals surface area contributed by atoms with Gasteiger partial charge < -0.3 is 29.0 Å². The first-order valence-corrected chi connectivity index (χ1v) is 9.56. The maximum Gasteiger partial charge on any atom is 0.476 e. The van der Waals surface area contributed by atoms with Gasteiger partial charge in [-0.15, -0.1) is 0 Å². The molecule has 14 nitrogen and oxygen atoms in total. The second-order valence-corrected chi connectivity index (χ2v) is 7.44. The van der Waals surface area contributed by atoms with E-state index in [1.165, 1.54) is 5.48 Å². The molecule has 0 radical (unpaired) electrons. The summed E-state index contributed by atoms with van der Waals surface area (Å²) in [5.74, 6) is -0.472. The van der Waals surface area contributed by atoms with Gasteiger partial charge in [-0.25, -0.2) is 18.1 Å². The second kappa shape index (κ2) is 8.75. The van der Waals surface area contributed by atoms with E-state index in [1.54, 1.807) is 0 Å². The van der Waals surface area contributed by atoms with Gasteiger partial charge in [0.2, 0.25) is 0 Å². The van der Waals surface area contributed by atoms with Crippen LogP contribution in [-0.2, 0) is 18.1 Å². The average Bonchev–Trinajstić information content (AvgIpc) is 2.86. The number of aliphatic hydroxyl groups excluding tert-OH is 1. The van der Waals surface area contributed by atoms with E-state index in [9.17, 15) is 28.5 Å². The summed E-state index contributed by atoms with van der Waals surface area (Å²) in [7, 11) is -8.08. The molecule has 152 valence electrons. The number of alkyl halides is 1. The molecular formula is C10H14FN3O11P2. The van der Waals surface area contributed by atoms with Crippen LogP contribution in [-0.4, -0.2) is 65.8 Å². The summed E-state index contributed by atoms with van der Waals surface area (Å²) < 4.78 is 39.0. The first kappa shape index (κ1) is 21.9. The third-order valence-corrected chi connectivity index (χ3v) is 5.09. The Kier molecular flexibility index (Phi) is 7.10. The molecule has 1 aromatic heterocycles. The Bertz CT molecular complexity index is 788. The molecule has 0 aromatic carbocycles. The van der Waals surface area contributed by atoms with Gasteiger partial charge in [-0.3, -0.25) is 20.0 Å². The quantitative estimate of drug-likeness (QED) is 0.162. The number of nitrogens with zero attached hydrogens (tertiary/aromatic N) is 2. The molecule has 1 aromatic rings. The van der Waals surface area contributed by atoms with Gasteiger partial charge in [0.1, 0.15) is 12.2 Å². The summed E-state index contributed by atoms with van der Waals surface area (Å²) in [5, 5.41) is 18.6. The molecular weight excluding hydrogens is 419 g/mol. The predicted molar refractivity (Wildman–Crippen MR) is 82.3 cm³/mol. The zero-order chi connectivity index (χ0) is 20.4. The molecule has 0 bridgehead atoms. The summed E-state index contributed by atoms with van der Waals surface area (Å²) >= 11 is 0. The lowest BCUT2D eigenvalue weighted by molar-refractivity contribution is -0.0460. The lowest BCUT2D eigenvalue weighted by Crippen LogP contribution is -2.34. The van der Waals surface area contributed by atoms with E-state index in [-0.39, 0.29) is 11.8 Å². The number of anilines is 1. The zero-order valence-corrected chi connectivity index (χ0v) is 14.8. The summed E-state index contributed by atoms with van der Waals surface area (Å²) in [6.07, 6.45) is -6.16. The topological polar surface area (TPSA) is 210 Å². The number of phosphoric acid groups is 1. The highest BCUT2D eigenvalue weighted by molar-refractivity contribution is 7.57. The van der Waals surface area contributed by atoms with Crippen molar-refractivity contribution in [3.05, 3.63) is 22.2 Å². The van der Waals surface area contributed by atoms with Crippen molar-refractivity contribution < 1.29 is 52.3 Å². The highest BCUT2D eigenvalue weighted by atomic mass is 31.3. The summed E-state index contributed by atoms with van der Waals surface area (Å²) in [5.41, 5.74) is 0.0953. The number of rotatable bonds is 8. The lowest BCUT2D eigenvalue weighted by Gasteiger charge is -2.17. The number of nitrogens with one attached hydrogen (secondary N) is 1. The SMILES string of the molecule is O=Cc1cn(C2OC(COP(O)OP(=O)(O)O)[C@@H](O)C2F)c(=O)nc1NO. The number of halogens is 1. The fourth-order valence-electron chi connectivity index (χ4n) is 2.16. The van der Waals surface area contributed by atoms with E-state index in [0.29, 0.717) is 4.57 Å². The number of hydrogen-bond donors (Lipinski definition) is 6. The molecule has 2 rings (SSSR count). The van der Waals surface area contributed by atoms with Crippen LogP contribution in [0.2, 0.25) is 0 Å². The zero-order valence-electron chi connectivity index (χ0n) is 13.0. The number of hydrogen-bond acceptors (Lipinski definition) is 11. The van der Waals surface area contributed by atoms with E-state index in [1.807, 2.05) is 0 Å². The summed E-state index contributed by atoms with van der Waals surface area (Å²) in [6, 6.07) is 0. The van der Waals surface area contributed by atoms with Crippen LogP contribution in [0.1, 0.15) is 16.6 Å². The minimum atomic E-state index is -5.03. The summed E-state index contributed by atoms with van der Waals surface area (Å²) in [4.78, 5) is 52.4. The fourth-order valence-corrected chi connectivity index (χ4v) is 3.35. The van der Waals surface area contributed by atoms with Crippen molar-refractivity contribution >= 4 is 28.5 Å². The van der Waals surface area contributed by atoms with E-state index in [2.05, 4.69) is 13.8 Å². The first-order valence-electron chi connectivity index (χ1n) is 6.90. The number of aromatic nitrogens is 2. The number of carbonyl (C=O) groups is 1. The molecule has 1 fully saturated rings. The predicted octanol–water partition coefficient (Wildman–Crippen LogP) is -1.20. The van der Waals surface area contributed by atoms with Gasteiger partial charge in [0.25, 0.3) is 0 Å². The normalized spacial score (nSPS) is 26.7. The van der Waals surface area contributed by atoms with Crippen LogP contribution in [0.15, 0.2) is 11.0 Å². The number of aldehydes is 1. The van der Waals surface area contributed by atoms with Crippen LogP contribution in [0.4, 0.5) is 10.2 Å². The number of carbonyl (C=O) groups excluding carboxylic acids is 1. The average molecular weight is 433 g/mol. The van der Waals surface area contributed by atoms with Gasteiger partial charge in [-0.2, -0.15) is 4.98 Å². The molecule has 17 heteroatoms. The van der Waals surface area contributed by atoms with E-state index < -0.39 is 59.1 Å². The molecule has 4 unspecified atom stereocenters. The minimum Gasteiger partial charge on any atom is -0.387 e. The molecule has 1 aliphatic heterocycles. The molecule has 27 heavy (non-hydrogen) atoms. The smallest absolute Gasteiger partial charge is 0.387 e. The number of ether oxygens (including phenoxy) is 1.